The fraction of sp³-hybridized carbons (Fsp3) is 0.571. The largest absolute Gasteiger partial charge is 0.392 e. The molecule has 0 saturated carbocycles. The van der Waals surface area contributed by atoms with Gasteiger partial charge in [-0.05, 0) is 36.5 Å². The first-order chi connectivity index (χ1) is 8.02. The van der Waals surface area contributed by atoms with Crippen LogP contribution >= 0.6 is 11.6 Å². The third-order valence-electron chi connectivity index (χ3n) is 3.45. The smallest absolute Gasteiger partial charge is 0.0702 e. The number of aliphatic hydroxyl groups is 1. The molecule has 0 amide bonds. The molecule has 0 spiro atoms. The van der Waals surface area contributed by atoms with Gasteiger partial charge in [0, 0.05) is 29.4 Å². The number of hydrogen-bond acceptors (Lipinski definition) is 2. The molecule has 0 aliphatic carbocycles. The predicted octanol–water partition coefficient (Wildman–Crippen LogP) is 3.46. The quantitative estimate of drug-likeness (QED) is 0.873. The normalized spacial score (nSPS) is 19.4. The molecule has 1 saturated heterocycles. The van der Waals surface area contributed by atoms with Crippen LogP contribution in [-0.4, -0.2) is 18.2 Å². The maximum atomic E-state index is 9.42. The molecule has 0 radical (unpaired) electrons. The van der Waals surface area contributed by atoms with Crippen molar-refractivity contribution in [2.45, 2.75) is 33.3 Å². The highest BCUT2D eigenvalue weighted by molar-refractivity contribution is 6.30. The maximum absolute atomic E-state index is 9.42. The van der Waals surface area contributed by atoms with E-state index in [0.29, 0.717) is 10.4 Å². The standard InChI is InChI=1S/C14H20ClNO/c1-14(2)6-3-7-16(10-14)13-5-4-12(15)8-11(13)9-17/h4-5,8,17H,3,6-7,9-10H2,1-2H3. The topological polar surface area (TPSA) is 23.5 Å². The van der Waals surface area contributed by atoms with Crippen LogP contribution in [0.5, 0.6) is 0 Å². The molecular weight excluding hydrogens is 234 g/mol. The van der Waals surface area contributed by atoms with E-state index in [1.807, 2.05) is 18.2 Å². The van der Waals surface area contributed by atoms with E-state index >= 15 is 0 Å². The Labute approximate surface area is 108 Å². The second-order valence-corrected chi connectivity index (χ2v) is 6.06. The van der Waals surface area contributed by atoms with Crippen molar-refractivity contribution in [1.29, 1.82) is 0 Å². The Hall–Kier alpha value is -0.730. The van der Waals surface area contributed by atoms with Gasteiger partial charge < -0.3 is 10.0 Å². The van der Waals surface area contributed by atoms with E-state index < -0.39 is 0 Å². The van der Waals surface area contributed by atoms with Gasteiger partial charge in [-0.15, -0.1) is 0 Å². The molecule has 1 fully saturated rings. The highest BCUT2D eigenvalue weighted by Gasteiger charge is 2.27. The molecule has 17 heavy (non-hydrogen) atoms. The van der Waals surface area contributed by atoms with Crippen LogP contribution in [0.25, 0.3) is 0 Å². The summed E-state index contributed by atoms with van der Waals surface area (Å²) in [6, 6.07) is 5.78. The molecule has 1 aromatic rings. The van der Waals surface area contributed by atoms with Gasteiger partial charge in [0.25, 0.3) is 0 Å². The average molecular weight is 254 g/mol. The molecule has 0 atom stereocenters. The highest BCUT2D eigenvalue weighted by atomic mass is 35.5. The van der Waals surface area contributed by atoms with Gasteiger partial charge in [0.05, 0.1) is 6.61 Å². The summed E-state index contributed by atoms with van der Waals surface area (Å²) in [5.41, 5.74) is 2.41. The van der Waals surface area contributed by atoms with Crippen LogP contribution in [0.15, 0.2) is 18.2 Å². The van der Waals surface area contributed by atoms with Gasteiger partial charge in [0.2, 0.25) is 0 Å². The molecule has 1 aliphatic heterocycles. The summed E-state index contributed by atoms with van der Waals surface area (Å²) >= 11 is 5.96. The van der Waals surface area contributed by atoms with Crippen molar-refractivity contribution in [3.05, 3.63) is 28.8 Å². The fourth-order valence-electron chi connectivity index (χ4n) is 2.62. The molecule has 0 unspecified atom stereocenters. The molecule has 1 aliphatic rings. The first-order valence-electron chi connectivity index (χ1n) is 6.16. The van der Waals surface area contributed by atoms with Crippen molar-refractivity contribution < 1.29 is 5.11 Å². The Morgan fingerprint density at radius 2 is 2.18 bits per heavy atom. The summed E-state index contributed by atoms with van der Waals surface area (Å²) in [7, 11) is 0. The molecular formula is C14H20ClNO. The summed E-state index contributed by atoms with van der Waals surface area (Å²) in [6.07, 6.45) is 2.48. The molecule has 1 N–H and O–H groups in total. The molecule has 94 valence electrons. The lowest BCUT2D eigenvalue weighted by Crippen LogP contribution is -2.40. The number of halogens is 1. The second-order valence-electron chi connectivity index (χ2n) is 5.62. The molecule has 1 aromatic carbocycles. The van der Waals surface area contributed by atoms with Gasteiger partial charge in [-0.2, -0.15) is 0 Å². The van der Waals surface area contributed by atoms with Gasteiger partial charge in [-0.1, -0.05) is 25.4 Å². The number of benzene rings is 1. The van der Waals surface area contributed by atoms with Crippen LogP contribution < -0.4 is 4.90 Å². The molecule has 2 rings (SSSR count). The summed E-state index contributed by atoms with van der Waals surface area (Å²) in [4.78, 5) is 2.37. The number of piperidine rings is 1. The second kappa shape index (κ2) is 4.87. The van der Waals surface area contributed by atoms with E-state index in [0.717, 1.165) is 24.3 Å². The van der Waals surface area contributed by atoms with Crippen molar-refractivity contribution >= 4 is 17.3 Å². The summed E-state index contributed by atoms with van der Waals surface area (Å²) in [6.45, 7) is 6.76. The van der Waals surface area contributed by atoms with Gasteiger partial charge in [-0.3, -0.25) is 0 Å². The Bertz CT molecular complexity index is 403. The summed E-state index contributed by atoms with van der Waals surface area (Å²) < 4.78 is 0. The minimum absolute atomic E-state index is 0.0484. The number of aliphatic hydroxyl groups excluding tert-OH is 1. The molecule has 1 heterocycles. The SMILES string of the molecule is CC1(C)CCCN(c2ccc(Cl)cc2CO)C1. The minimum atomic E-state index is 0.0484. The Kier molecular flexibility index (Phi) is 3.64. The zero-order chi connectivity index (χ0) is 12.5. The molecule has 0 aromatic heterocycles. The zero-order valence-electron chi connectivity index (χ0n) is 10.5. The lowest BCUT2D eigenvalue weighted by molar-refractivity contribution is 0.276. The van der Waals surface area contributed by atoms with Crippen LogP contribution in [0.2, 0.25) is 5.02 Å². The maximum Gasteiger partial charge on any atom is 0.0702 e. The van der Waals surface area contributed by atoms with Crippen LogP contribution in [0.3, 0.4) is 0 Å². The Morgan fingerprint density at radius 3 is 2.82 bits per heavy atom. The minimum Gasteiger partial charge on any atom is -0.392 e. The van der Waals surface area contributed by atoms with Crippen molar-refractivity contribution in [2.75, 3.05) is 18.0 Å². The lowest BCUT2D eigenvalue weighted by atomic mass is 9.84. The Balaban J connectivity index is 2.27. The van der Waals surface area contributed by atoms with Crippen LogP contribution in [0.1, 0.15) is 32.3 Å². The lowest BCUT2D eigenvalue weighted by Gasteiger charge is -2.40. The summed E-state index contributed by atoms with van der Waals surface area (Å²) in [5.74, 6) is 0. The highest BCUT2D eigenvalue weighted by Crippen LogP contribution is 2.33. The van der Waals surface area contributed by atoms with Gasteiger partial charge >= 0.3 is 0 Å². The van der Waals surface area contributed by atoms with Crippen molar-refractivity contribution in [3.8, 4) is 0 Å². The Morgan fingerprint density at radius 1 is 1.41 bits per heavy atom. The molecule has 2 nitrogen and oxygen atoms in total. The van der Waals surface area contributed by atoms with E-state index in [4.69, 9.17) is 11.6 Å². The van der Waals surface area contributed by atoms with E-state index in [1.165, 1.54) is 12.8 Å². The monoisotopic (exact) mass is 253 g/mol. The molecule has 3 heteroatoms. The number of nitrogens with zero attached hydrogens (tertiary/aromatic N) is 1. The van der Waals surface area contributed by atoms with E-state index in [2.05, 4.69) is 18.7 Å². The first-order valence-corrected chi connectivity index (χ1v) is 6.54. The van der Waals surface area contributed by atoms with E-state index in [1.54, 1.807) is 0 Å². The van der Waals surface area contributed by atoms with Crippen molar-refractivity contribution in [3.63, 3.8) is 0 Å². The summed E-state index contributed by atoms with van der Waals surface area (Å²) in [5, 5.41) is 10.1. The number of rotatable bonds is 2. The van der Waals surface area contributed by atoms with Crippen molar-refractivity contribution in [2.24, 2.45) is 5.41 Å². The van der Waals surface area contributed by atoms with Crippen LogP contribution in [0.4, 0.5) is 5.69 Å². The van der Waals surface area contributed by atoms with Gasteiger partial charge in [-0.25, -0.2) is 0 Å². The zero-order valence-corrected chi connectivity index (χ0v) is 11.3. The number of hydrogen-bond donors (Lipinski definition) is 1. The number of anilines is 1. The van der Waals surface area contributed by atoms with E-state index in [9.17, 15) is 5.11 Å². The molecule has 0 bridgehead atoms. The van der Waals surface area contributed by atoms with Crippen LogP contribution in [-0.2, 0) is 6.61 Å². The predicted molar refractivity (Wildman–Crippen MR) is 72.6 cm³/mol. The van der Waals surface area contributed by atoms with Crippen molar-refractivity contribution in [1.82, 2.24) is 0 Å². The third-order valence-corrected chi connectivity index (χ3v) is 3.69. The third kappa shape index (κ3) is 2.93. The van der Waals surface area contributed by atoms with Gasteiger partial charge in [0.1, 0.15) is 0 Å². The first kappa shape index (κ1) is 12.7. The van der Waals surface area contributed by atoms with Crippen LogP contribution in [0, 0.1) is 5.41 Å². The fourth-order valence-corrected chi connectivity index (χ4v) is 2.81. The average Bonchev–Trinajstić information content (AvgIpc) is 2.27. The van der Waals surface area contributed by atoms with Gasteiger partial charge in [0.15, 0.2) is 0 Å². The van der Waals surface area contributed by atoms with E-state index in [-0.39, 0.29) is 6.61 Å².